The fourth-order valence-corrected chi connectivity index (χ4v) is 4.23. The van der Waals surface area contributed by atoms with Crippen LogP contribution < -0.4 is 5.32 Å². The molecule has 0 amide bonds. The van der Waals surface area contributed by atoms with Crippen LogP contribution in [0.25, 0.3) is 0 Å². The number of aryl methyl sites for hydroxylation is 1. The van der Waals surface area contributed by atoms with E-state index in [4.69, 9.17) is 11.6 Å². The maximum atomic E-state index is 11.2. The molecule has 0 radical (unpaired) electrons. The average Bonchev–Trinajstić information content (AvgIpc) is 2.73. The molecule has 0 spiro atoms. The minimum Gasteiger partial charge on any atom is -0.335 e. The molecule has 1 heterocycles. The van der Waals surface area contributed by atoms with Gasteiger partial charge in [0.2, 0.25) is 0 Å². The number of aromatic nitrogens is 1. The molecule has 0 aliphatic carbocycles. The summed E-state index contributed by atoms with van der Waals surface area (Å²) in [5, 5.41) is 15.8. The minimum atomic E-state index is -0.374. The van der Waals surface area contributed by atoms with Crippen molar-refractivity contribution in [2.75, 3.05) is 5.32 Å². The molecule has 2 aromatic carbocycles. The molecule has 0 bridgehead atoms. The third-order valence-electron chi connectivity index (χ3n) is 4.58. The van der Waals surface area contributed by atoms with Gasteiger partial charge < -0.3 is 5.32 Å². The van der Waals surface area contributed by atoms with Crippen molar-refractivity contribution in [3.05, 3.63) is 104 Å². The lowest BCUT2D eigenvalue weighted by molar-refractivity contribution is -0.385. The third kappa shape index (κ3) is 6.84. The Balaban J connectivity index is 1.85. The minimum absolute atomic E-state index is 0.0777. The van der Waals surface area contributed by atoms with Gasteiger partial charge in [0.05, 0.1) is 9.95 Å². The van der Waals surface area contributed by atoms with E-state index in [1.165, 1.54) is 23.4 Å². The Morgan fingerprint density at radius 1 is 1.16 bits per heavy atom. The molecular weight excluding hydrogens is 430 g/mol. The fourth-order valence-electron chi connectivity index (χ4n) is 3.00. The third-order valence-corrected chi connectivity index (χ3v) is 5.92. The zero-order chi connectivity index (χ0) is 22.2. The van der Waals surface area contributed by atoms with Crippen LogP contribution in [0.2, 0.25) is 5.15 Å². The second kappa shape index (κ2) is 11.0. The van der Waals surface area contributed by atoms with Crippen molar-refractivity contribution >= 4 is 34.9 Å². The molecule has 0 unspecified atom stereocenters. The molecule has 0 aliphatic heterocycles. The predicted molar refractivity (Wildman–Crippen MR) is 129 cm³/mol. The Morgan fingerprint density at radius 2 is 1.94 bits per heavy atom. The highest BCUT2D eigenvalue weighted by Crippen LogP contribution is 2.33. The lowest BCUT2D eigenvalue weighted by Gasteiger charge is -2.13. The highest BCUT2D eigenvalue weighted by molar-refractivity contribution is 8.03. The number of non-ortho nitro benzene ring substituents is 1. The first-order valence-corrected chi connectivity index (χ1v) is 11.2. The highest BCUT2D eigenvalue weighted by Gasteiger charge is 2.12. The summed E-state index contributed by atoms with van der Waals surface area (Å²) in [4.78, 5) is 16.1. The molecule has 7 heteroatoms. The van der Waals surface area contributed by atoms with Gasteiger partial charge in [-0.1, -0.05) is 79.2 Å². The topological polar surface area (TPSA) is 68.1 Å². The van der Waals surface area contributed by atoms with Crippen LogP contribution in [-0.2, 0) is 6.42 Å². The fraction of sp³-hybridized carbons (Fsp3) is 0.208. The maximum Gasteiger partial charge on any atom is 0.270 e. The van der Waals surface area contributed by atoms with Gasteiger partial charge in [0.15, 0.2) is 0 Å². The quantitative estimate of drug-likeness (QED) is 0.158. The predicted octanol–water partition coefficient (Wildman–Crippen LogP) is 7.39. The van der Waals surface area contributed by atoms with Gasteiger partial charge in [0.1, 0.15) is 11.0 Å². The first-order valence-electron chi connectivity index (χ1n) is 10.0. The van der Waals surface area contributed by atoms with E-state index in [1.807, 2.05) is 37.3 Å². The Bertz CT molecular complexity index is 1090. The number of pyridine rings is 1. The van der Waals surface area contributed by atoms with Crippen molar-refractivity contribution < 1.29 is 4.92 Å². The summed E-state index contributed by atoms with van der Waals surface area (Å²) >= 11 is 7.75. The monoisotopic (exact) mass is 453 g/mol. The Morgan fingerprint density at radius 3 is 2.65 bits per heavy atom. The SMILES string of the molecule is CCC/C=C(\Nc1cc(Cc2ccccc2)cc(Cl)n1)Sc1cc([N+](=O)[O-])ccc1C. The summed E-state index contributed by atoms with van der Waals surface area (Å²) in [5.74, 6) is 0.649. The molecule has 0 aliphatic rings. The van der Waals surface area contributed by atoms with Crippen LogP contribution in [0.5, 0.6) is 0 Å². The largest absolute Gasteiger partial charge is 0.335 e. The lowest BCUT2D eigenvalue weighted by atomic mass is 10.1. The van der Waals surface area contributed by atoms with E-state index < -0.39 is 0 Å². The molecule has 3 aromatic rings. The number of hydrogen-bond acceptors (Lipinski definition) is 5. The summed E-state index contributed by atoms with van der Waals surface area (Å²) in [6, 6.07) is 18.9. The number of allylic oxidation sites excluding steroid dienone is 1. The molecule has 0 saturated carbocycles. The standard InChI is InChI=1S/C24H24ClN3O2S/c1-3-4-10-24(31-21-16-20(28(29)30)12-11-17(21)2)27-23-15-19(14-22(25)26-23)13-18-8-6-5-7-9-18/h5-12,14-16H,3-4,13H2,1-2H3,(H,26,27)/b24-10+. The first kappa shape index (κ1) is 22.8. The first-order chi connectivity index (χ1) is 14.9. The van der Waals surface area contributed by atoms with Crippen LogP contribution >= 0.6 is 23.4 Å². The number of anilines is 1. The number of rotatable bonds is 9. The number of thioether (sulfide) groups is 1. The number of nitro groups is 1. The van der Waals surface area contributed by atoms with E-state index in [-0.39, 0.29) is 10.6 Å². The zero-order valence-corrected chi connectivity index (χ0v) is 19.0. The van der Waals surface area contributed by atoms with E-state index in [2.05, 4.69) is 35.4 Å². The van der Waals surface area contributed by atoms with Gasteiger partial charge in [0.25, 0.3) is 5.69 Å². The second-order valence-electron chi connectivity index (χ2n) is 7.14. The van der Waals surface area contributed by atoms with E-state index >= 15 is 0 Å². The Labute approximate surface area is 191 Å². The Kier molecular flexibility index (Phi) is 8.09. The van der Waals surface area contributed by atoms with E-state index in [1.54, 1.807) is 12.1 Å². The number of hydrogen-bond donors (Lipinski definition) is 1. The normalized spacial score (nSPS) is 11.4. The molecule has 0 fully saturated rings. The van der Waals surface area contributed by atoms with Crippen LogP contribution in [0, 0.1) is 17.0 Å². The van der Waals surface area contributed by atoms with Crippen molar-refractivity contribution in [2.45, 2.75) is 38.0 Å². The van der Waals surface area contributed by atoms with Crippen LogP contribution in [-0.4, -0.2) is 9.91 Å². The van der Waals surface area contributed by atoms with Gasteiger partial charge in [-0.15, -0.1) is 0 Å². The zero-order valence-electron chi connectivity index (χ0n) is 17.5. The molecular formula is C24H24ClN3O2S. The van der Waals surface area contributed by atoms with Crippen LogP contribution in [0.1, 0.15) is 36.5 Å². The smallest absolute Gasteiger partial charge is 0.270 e. The summed E-state index contributed by atoms with van der Waals surface area (Å²) in [7, 11) is 0. The van der Waals surface area contributed by atoms with Gasteiger partial charge in [-0.2, -0.15) is 0 Å². The van der Waals surface area contributed by atoms with Gasteiger partial charge in [-0.25, -0.2) is 4.98 Å². The molecule has 3 rings (SSSR count). The van der Waals surface area contributed by atoms with E-state index in [0.717, 1.165) is 40.3 Å². The van der Waals surface area contributed by atoms with Crippen LogP contribution in [0.15, 0.2) is 76.7 Å². The molecule has 1 N–H and O–H groups in total. The van der Waals surface area contributed by atoms with Crippen molar-refractivity contribution in [1.29, 1.82) is 0 Å². The Hall–Kier alpha value is -2.83. The number of nitro benzene ring substituents is 1. The van der Waals surface area contributed by atoms with E-state index in [0.29, 0.717) is 11.0 Å². The summed E-state index contributed by atoms with van der Waals surface area (Å²) < 4.78 is 0. The summed E-state index contributed by atoms with van der Waals surface area (Å²) in [6.45, 7) is 4.05. The number of halogens is 1. The summed E-state index contributed by atoms with van der Waals surface area (Å²) in [5.41, 5.74) is 3.30. The molecule has 160 valence electrons. The lowest BCUT2D eigenvalue weighted by Crippen LogP contribution is -2.01. The molecule has 31 heavy (non-hydrogen) atoms. The number of nitrogens with zero attached hydrogens (tertiary/aromatic N) is 2. The van der Waals surface area contributed by atoms with E-state index in [9.17, 15) is 10.1 Å². The highest BCUT2D eigenvalue weighted by atomic mass is 35.5. The summed E-state index contributed by atoms with van der Waals surface area (Å²) in [6.07, 6.45) is 4.70. The molecule has 5 nitrogen and oxygen atoms in total. The van der Waals surface area contributed by atoms with Gasteiger partial charge in [-0.05, 0) is 48.6 Å². The number of benzene rings is 2. The molecule has 1 aromatic heterocycles. The number of nitrogens with one attached hydrogen (secondary N) is 1. The van der Waals surface area contributed by atoms with Gasteiger partial charge in [0, 0.05) is 17.0 Å². The molecule has 0 saturated heterocycles. The average molecular weight is 454 g/mol. The van der Waals surface area contributed by atoms with Crippen molar-refractivity contribution in [3.63, 3.8) is 0 Å². The van der Waals surface area contributed by atoms with Crippen molar-refractivity contribution in [3.8, 4) is 0 Å². The number of unbranched alkanes of at least 4 members (excludes halogenated alkanes) is 1. The molecule has 0 atom stereocenters. The van der Waals surface area contributed by atoms with Crippen molar-refractivity contribution in [2.24, 2.45) is 0 Å². The van der Waals surface area contributed by atoms with Gasteiger partial charge in [-0.3, -0.25) is 10.1 Å². The van der Waals surface area contributed by atoms with Crippen LogP contribution in [0.4, 0.5) is 11.5 Å². The van der Waals surface area contributed by atoms with Crippen molar-refractivity contribution in [1.82, 2.24) is 4.98 Å². The van der Waals surface area contributed by atoms with Gasteiger partial charge >= 0.3 is 0 Å². The maximum absolute atomic E-state index is 11.2. The second-order valence-corrected chi connectivity index (χ2v) is 8.61. The van der Waals surface area contributed by atoms with Crippen LogP contribution in [0.3, 0.4) is 0 Å².